The van der Waals surface area contributed by atoms with E-state index >= 15 is 0 Å². The summed E-state index contributed by atoms with van der Waals surface area (Å²) in [5, 5.41) is 13.3. The topological polar surface area (TPSA) is 92.4 Å². The monoisotopic (exact) mass is 288 g/mol. The average Bonchev–Trinajstić information content (AvgIpc) is 2.85. The van der Waals surface area contributed by atoms with Crippen molar-refractivity contribution in [3.05, 3.63) is 22.4 Å². The van der Waals surface area contributed by atoms with Crippen molar-refractivity contribution in [3.8, 4) is 0 Å². The van der Waals surface area contributed by atoms with Gasteiger partial charge in [-0.3, -0.25) is 4.79 Å². The Balaban J connectivity index is 2.62. The number of nitrogens with one attached hydrogen (secondary N) is 1. The van der Waals surface area contributed by atoms with E-state index in [0.717, 1.165) is 5.75 Å². The third kappa shape index (κ3) is 4.32. The molecule has 7 heteroatoms. The van der Waals surface area contributed by atoms with Crippen LogP contribution in [0.3, 0.4) is 0 Å². The number of hydrogen-bond donors (Lipinski definition) is 3. The summed E-state index contributed by atoms with van der Waals surface area (Å²) in [5.74, 6) is -0.738. The molecular formula is C11H16N2O3S2. The Morgan fingerprint density at radius 3 is 2.83 bits per heavy atom. The van der Waals surface area contributed by atoms with Crippen molar-refractivity contribution in [2.24, 2.45) is 5.73 Å². The molecule has 18 heavy (non-hydrogen) atoms. The summed E-state index contributed by atoms with van der Waals surface area (Å²) in [6, 6.07) is 1.74. The van der Waals surface area contributed by atoms with Crippen molar-refractivity contribution >= 4 is 35.0 Å². The number of thioether (sulfide) groups is 1. The van der Waals surface area contributed by atoms with Crippen LogP contribution in [0.25, 0.3) is 0 Å². The van der Waals surface area contributed by atoms with Crippen LogP contribution >= 0.6 is 23.1 Å². The highest BCUT2D eigenvalue weighted by molar-refractivity contribution is 7.98. The smallest absolute Gasteiger partial charge is 0.331 e. The van der Waals surface area contributed by atoms with Crippen LogP contribution in [0.15, 0.2) is 17.5 Å². The number of hydrogen-bond acceptors (Lipinski definition) is 5. The minimum absolute atomic E-state index is 0.426. The number of aliphatic carboxylic acids is 1. The van der Waals surface area contributed by atoms with E-state index in [-0.39, 0.29) is 0 Å². The number of thiophene rings is 1. The maximum absolute atomic E-state index is 11.8. The summed E-state index contributed by atoms with van der Waals surface area (Å²) in [5.41, 5.74) is 5.69. The van der Waals surface area contributed by atoms with E-state index in [1.54, 1.807) is 29.3 Å². The highest BCUT2D eigenvalue weighted by Gasteiger charge is 2.25. The molecule has 1 rings (SSSR count). The molecule has 0 radical (unpaired) electrons. The zero-order valence-electron chi connectivity index (χ0n) is 9.96. The third-order valence-corrected chi connectivity index (χ3v) is 3.91. The number of nitrogens with two attached hydrogens (primary N) is 1. The van der Waals surface area contributed by atoms with Gasteiger partial charge in [0.25, 0.3) is 0 Å². The second kappa shape index (κ2) is 7.40. The molecule has 1 aromatic heterocycles. The fourth-order valence-corrected chi connectivity index (χ4v) is 2.59. The standard InChI is InChI=1S/C11H16N2O3S2/c1-17-6-4-7(12)10(14)13-9(11(15)16)8-3-2-5-18-8/h2-3,5,7,9H,4,6,12H2,1H3,(H,13,14)(H,15,16)/t7-,9?/m0/s1. The van der Waals surface area contributed by atoms with Gasteiger partial charge in [0, 0.05) is 4.88 Å². The Morgan fingerprint density at radius 1 is 1.61 bits per heavy atom. The molecule has 5 nitrogen and oxygen atoms in total. The quantitative estimate of drug-likeness (QED) is 0.698. The first-order valence-corrected chi connectivity index (χ1v) is 7.64. The molecule has 1 unspecified atom stereocenters. The summed E-state index contributed by atoms with van der Waals surface area (Å²) >= 11 is 2.89. The normalized spacial score (nSPS) is 13.9. The SMILES string of the molecule is CSCC[C@H](N)C(=O)NC(C(=O)O)c1cccs1. The van der Waals surface area contributed by atoms with Crippen LogP contribution in [0, 0.1) is 0 Å². The average molecular weight is 288 g/mol. The van der Waals surface area contributed by atoms with E-state index in [0.29, 0.717) is 11.3 Å². The first kappa shape index (κ1) is 15.0. The minimum atomic E-state index is -1.08. The predicted molar refractivity (Wildman–Crippen MR) is 73.8 cm³/mol. The van der Waals surface area contributed by atoms with Gasteiger partial charge in [0.05, 0.1) is 6.04 Å². The van der Waals surface area contributed by atoms with Crippen molar-refractivity contribution < 1.29 is 14.7 Å². The number of carbonyl (C=O) groups excluding carboxylic acids is 1. The van der Waals surface area contributed by atoms with E-state index < -0.39 is 24.0 Å². The second-order valence-electron chi connectivity index (χ2n) is 3.68. The van der Waals surface area contributed by atoms with Gasteiger partial charge < -0.3 is 16.2 Å². The van der Waals surface area contributed by atoms with E-state index in [1.807, 2.05) is 6.26 Å². The zero-order chi connectivity index (χ0) is 13.5. The summed E-state index contributed by atoms with van der Waals surface area (Å²) in [7, 11) is 0. The van der Waals surface area contributed by atoms with E-state index in [9.17, 15) is 9.59 Å². The molecule has 100 valence electrons. The van der Waals surface area contributed by atoms with Crippen molar-refractivity contribution in [1.29, 1.82) is 0 Å². The Kier molecular flexibility index (Phi) is 6.17. The molecule has 1 aromatic rings. The molecule has 2 atom stereocenters. The molecule has 0 saturated carbocycles. The number of carbonyl (C=O) groups is 2. The predicted octanol–water partition coefficient (Wildman–Crippen LogP) is 1.07. The van der Waals surface area contributed by atoms with E-state index in [2.05, 4.69) is 5.32 Å². The number of amides is 1. The lowest BCUT2D eigenvalue weighted by atomic mass is 10.2. The van der Waals surface area contributed by atoms with Crippen LogP contribution in [0.4, 0.5) is 0 Å². The van der Waals surface area contributed by atoms with Crippen molar-refractivity contribution in [1.82, 2.24) is 5.32 Å². The van der Waals surface area contributed by atoms with Crippen LogP contribution < -0.4 is 11.1 Å². The Labute approximate surface area is 114 Å². The molecule has 0 saturated heterocycles. The lowest BCUT2D eigenvalue weighted by Crippen LogP contribution is -2.44. The van der Waals surface area contributed by atoms with Gasteiger partial charge in [-0.15, -0.1) is 11.3 Å². The van der Waals surface area contributed by atoms with Gasteiger partial charge in [-0.1, -0.05) is 6.07 Å². The van der Waals surface area contributed by atoms with Crippen LogP contribution in [-0.4, -0.2) is 35.0 Å². The van der Waals surface area contributed by atoms with E-state index in [1.165, 1.54) is 11.3 Å². The number of rotatable bonds is 7. The Hall–Kier alpha value is -1.05. The fourth-order valence-electron chi connectivity index (χ4n) is 1.34. The van der Waals surface area contributed by atoms with Crippen LogP contribution in [-0.2, 0) is 9.59 Å². The number of carboxylic acids is 1. The molecule has 0 aliphatic heterocycles. The lowest BCUT2D eigenvalue weighted by Gasteiger charge is -2.16. The molecule has 4 N–H and O–H groups in total. The molecule has 0 aliphatic rings. The summed E-state index contributed by atoms with van der Waals surface area (Å²) in [4.78, 5) is 23.5. The lowest BCUT2D eigenvalue weighted by molar-refractivity contribution is -0.142. The molecule has 0 fully saturated rings. The fraction of sp³-hybridized carbons (Fsp3) is 0.455. The van der Waals surface area contributed by atoms with Crippen LogP contribution in [0.1, 0.15) is 17.3 Å². The summed E-state index contributed by atoms with van der Waals surface area (Å²) in [6.07, 6.45) is 2.46. The largest absolute Gasteiger partial charge is 0.479 e. The molecule has 0 spiro atoms. The Bertz CT molecular complexity index is 395. The minimum Gasteiger partial charge on any atom is -0.479 e. The van der Waals surface area contributed by atoms with Gasteiger partial charge in [0.2, 0.25) is 5.91 Å². The van der Waals surface area contributed by atoms with Crippen molar-refractivity contribution in [3.63, 3.8) is 0 Å². The number of carboxylic acid groups (broad SMARTS) is 1. The van der Waals surface area contributed by atoms with Crippen LogP contribution in [0.5, 0.6) is 0 Å². The molecule has 1 heterocycles. The van der Waals surface area contributed by atoms with Gasteiger partial charge >= 0.3 is 5.97 Å². The zero-order valence-corrected chi connectivity index (χ0v) is 11.6. The molecular weight excluding hydrogens is 272 g/mol. The molecule has 1 amide bonds. The Morgan fingerprint density at radius 2 is 2.33 bits per heavy atom. The summed E-state index contributed by atoms with van der Waals surface area (Å²) in [6.45, 7) is 0. The second-order valence-corrected chi connectivity index (χ2v) is 5.65. The van der Waals surface area contributed by atoms with Gasteiger partial charge in [-0.2, -0.15) is 11.8 Å². The van der Waals surface area contributed by atoms with Gasteiger partial charge in [-0.05, 0) is 29.9 Å². The molecule has 0 aliphatic carbocycles. The molecule has 0 bridgehead atoms. The first-order valence-electron chi connectivity index (χ1n) is 5.37. The van der Waals surface area contributed by atoms with Gasteiger partial charge in [0.1, 0.15) is 0 Å². The highest BCUT2D eigenvalue weighted by atomic mass is 32.2. The van der Waals surface area contributed by atoms with Crippen LogP contribution in [0.2, 0.25) is 0 Å². The maximum Gasteiger partial charge on any atom is 0.331 e. The van der Waals surface area contributed by atoms with Gasteiger partial charge in [0.15, 0.2) is 6.04 Å². The highest BCUT2D eigenvalue weighted by Crippen LogP contribution is 2.19. The van der Waals surface area contributed by atoms with Crippen molar-refractivity contribution in [2.75, 3.05) is 12.0 Å². The molecule has 0 aromatic carbocycles. The third-order valence-electron chi connectivity index (χ3n) is 2.33. The van der Waals surface area contributed by atoms with E-state index in [4.69, 9.17) is 10.8 Å². The van der Waals surface area contributed by atoms with Crippen molar-refractivity contribution in [2.45, 2.75) is 18.5 Å². The maximum atomic E-state index is 11.8. The van der Waals surface area contributed by atoms with Gasteiger partial charge in [-0.25, -0.2) is 4.79 Å². The first-order chi connectivity index (χ1) is 8.56. The summed E-state index contributed by atoms with van der Waals surface area (Å²) < 4.78 is 0.